The quantitative estimate of drug-likeness (QED) is 0.715. The van der Waals surface area contributed by atoms with E-state index < -0.39 is 0 Å². The molecule has 6 nitrogen and oxygen atoms in total. The number of hydrogen-bond donors (Lipinski definition) is 2. The maximum atomic E-state index is 12.9. The van der Waals surface area contributed by atoms with Gasteiger partial charge in [0.15, 0.2) is 0 Å². The Morgan fingerprint density at radius 3 is 2.79 bits per heavy atom. The molecule has 2 unspecified atom stereocenters. The molecule has 0 spiro atoms. The van der Waals surface area contributed by atoms with Crippen LogP contribution in [0.25, 0.3) is 10.9 Å². The maximum absolute atomic E-state index is 12.9. The zero-order valence-corrected chi connectivity index (χ0v) is 16.2. The predicted molar refractivity (Wildman–Crippen MR) is 107 cm³/mol. The predicted octanol–water partition coefficient (Wildman–Crippen LogP) is 3.13. The van der Waals surface area contributed by atoms with Gasteiger partial charge in [-0.25, -0.2) is 0 Å². The van der Waals surface area contributed by atoms with E-state index in [9.17, 15) is 9.59 Å². The first-order valence-electron chi connectivity index (χ1n) is 9.67. The van der Waals surface area contributed by atoms with Gasteiger partial charge in [-0.1, -0.05) is 18.2 Å². The molecule has 0 aliphatic carbocycles. The van der Waals surface area contributed by atoms with E-state index in [2.05, 4.69) is 16.4 Å². The molecule has 1 fully saturated rings. The molecule has 1 aliphatic rings. The van der Waals surface area contributed by atoms with Gasteiger partial charge in [-0.15, -0.1) is 0 Å². The number of likely N-dealkylation sites (tertiary alicyclic amines) is 1. The molecule has 2 atom stereocenters. The highest BCUT2D eigenvalue weighted by Gasteiger charge is 2.38. The molecule has 1 aromatic carbocycles. The minimum Gasteiger partial charge on any atom is -0.466 e. The number of aromatic amines is 1. The minimum atomic E-state index is -0.125. The van der Waals surface area contributed by atoms with Gasteiger partial charge in [-0.05, 0) is 37.1 Å². The summed E-state index contributed by atoms with van der Waals surface area (Å²) in [4.78, 5) is 29.6. The number of aryl methyl sites for hydroxylation is 2. The second-order valence-electron chi connectivity index (χ2n) is 7.52. The van der Waals surface area contributed by atoms with Crippen molar-refractivity contribution in [2.75, 3.05) is 13.1 Å². The standard InChI is InChI=1S/C22H25N3O3/c1-14-7-9-21(28-14)18-12-25(13-20(18)24-15(2)26)22(27)10-8-16-11-23-19-6-4-3-5-17(16)19/h3-7,9,11,18,20,23H,8,10,12-13H2,1-2H3,(H,24,26). The fraction of sp³-hybridized carbons (Fsp3) is 0.364. The maximum Gasteiger partial charge on any atom is 0.222 e. The highest BCUT2D eigenvalue weighted by atomic mass is 16.3. The first-order chi connectivity index (χ1) is 13.5. The Kier molecular flexibility index (Phi) is 4.94. The van der Waals surface area contributed by atoms with E-state index in [1.165, 1.54) is 6.92 Å². The third kappa shape index (κ3) is 3.67. The van der Waals surface area contributed by atoms with Crippen molar-refractivity contribution in [2.45, 2.75) is 38.6 Å². The van der Waals surface area contributed by atoms with Crippen molar-refractivity contribution in [3.8, 4) is 0 Å². The summed E-state index contributed by atoms with van der Waals surface area (Å²) >= 11 is 0. The third-order valence-electron chi connectivity index (χ3n) is 5.47. The molecule has 1 saturated heterocycles. The summed E-state index contributed by atoms with van der Waals surface area (Å²) in [6, 6.07) is 11.8. The highest BCUT2D eigenvalue weighted by molar-refractivity contribution is 5.84. The Labute approximate surface area is 163 Å². The van der Waals surface area contributed by atoms with Crippen molar-refractivity contribution < 1.29 is 14.0 Å². The van der Waals surface area contributed by atoms with Crippen molar-refractivity contribution in [2.24, 2.45) is 0 Å². The number of rotatable bonds is 5. The number of benzene rings is 1. The molecule has 0 radical (unpaired) electrons. The molecule has 146 valence electrons. The SMILES string of the molecule is CC(=O)NC1CN(C(=O)CCc2c[nH]c3ccccc23)CC1c1ccc(C)o1. The van der Waals surface area contributed by atoms with Gasteiger partial charge in [-0.3, -0.25) is 9.59 Å². The van der Waals surface area contributed by atoms with Crippen molar-refractivity contribution in [1.29, 1.82) is 0 Å². The average molecular weight is 379 g/mol. The molecular formula is C22H25N3O3. The van der Waals surface area contributed by atoms with Gasteiger partial charge in [-0.2, -0.15) is 0 Å². The number of carbonyl (C=O) groups is 2. The number of nitrogens with one attached hydrogen (secondary N) is 2. The Balaban J connectivity index is 1.44. The van der Waals surface area contributed by atoms with Crippen molar-refractivity contribution in [3.63, 3.8) is 0 Å². The van der Waals surface area contributed by atoms with Crippen LogP contribution in [0.4, 0.5) is 0 Å². The lowest BCUT2D eigenvalue weighted by atomic mass is 10.0. The van der Waals surface area contributed by atoms with Crippen LogP contribution in [0.3, 0.4) is 0 Å². The Hall–Kier alpha value is -3.02. The third-order valence-corrected chi connectivity index (χ3v) is 5.47. The van der Waals surface area contributed by atoms with Crippen LogP contribution in [0.1, 0.15) is 36.3 Å². The number of amides is 2. The molecule has 3 heterocycles. The molecule has 0 bridgehead atoms. The first kappa shape index (κ1) is 18.3. The fourth-order valence-corrected chi connectivity index (χ4v) is 4.09. The lowest BCUT2D eigenvalue weighted by Crippen LogP contribution is -2.39. The smallest absolute Gasteiger partial charge is 0.222 e. The summed E-state index contributed by atoms with van der Waals surface area (Å²) in [6.07, 6.45) is 3.11. The normalized spacial score (nSPS) is 19.3. The summed E-state index contributed by atoms with van der Waals surface area (Å²) in [5.74, 6) is 1.65. The second-order valence-corrected chi connectivity index (χ2v) is 7.52. The van der Waals surface area contributed by atoms with Crippen LogP contribution in [0.15, 0.2) is 47.0 Å². The van der Waals surface area contributed by atoms with Crippen molar-refractivity contribution in [3.05, 3.63) is 59.7 Å². The van der Waals surface area contributed by atoms with Gasteiger partial charge in [0, 0.05) is 43.5 Å². The van der Waals surface area contributed by atoms with Gasteiger partial charge < -0.3 is 19.6 Å². The molecule has 4 rings (SSSR count). The number of hydrogen-bond acceptors (Lipinski definition) is 3. The summed E-state index contributed by atoms with van der Waals surface area (Å²) in [6.45, 7) is 4.48. The van der Waals surface area contributed by atoms with E-state index in [0.717, 1.165) is 28.0 Å². The lowest BCUT2D eigenvalue weighted by Gasteiger charge is -2.17. The van der Waals surface area contributed by atoms with E-state index >= 15 is 0 Å². The van der Waals surface area contributed by atoms with E-state index in [1.807, 2.05) is 48.4 Å². The Morgan fingerprint density at radius 1 is 1.21 bits per heavy atom. The molecule has 0 saturated carbocycles. The summed E-state index contributed by atoms with van der Waals surface area (Å²) in [5.41, 5.74) is 2.24. The van der Waals surface area contributed by atoms with E-state index in [-0.39, 0.29) is 23.8 Å². The highest BCUT2D eigenvalue weighted by Crippen LogP contribution is 2.30. The monoisotopic (exact) mass is 379 g/mol. The average Bonchev–Trinajstić information content (AvgIpc) is 3.37. The summed E-state index contributed by atoms with van der Waals surface area (Å²) in [7, 11) is 0. The zero-order valence-electron chi connectivity index (χ0n) is 16.2. The molecule has 2 amide bonds. The van der Waals surface area contributed by atoms with Gasteiger partial charge in [0.25, 0.3) is 0 Å². The summed E-state index contributed by atoms with van der Waals surface area (Å²) in [5, 5.41) is 4.14. The Morgan fingerprint density at radius 2 is 2.04 bits per heavy atom. The van der Waals surface area contributed by atoms with Crippen molar-refractivity contribution >= 4 is 22.7 Å². The van der Waals surface area contributed by atoms with Crippen LogP contribution in [-0.4, -0.2) is 40.8 Å². The number of fused-ring (bicyclic) bond motifs is 1. The largest absolute Gasteiger partial charge is 0.466 e. The topological polar surface area (TPSA) is 78.3 Å². The van der Waals surface area contributed by atoms with Crippen molar-refractivity contribution in [1.82, 2.24) is 15.2 Å². The van der Waals surface area contributed by atoms with Crippen LogP contribution in [0, 0.1) is 6.92 Å². The van der Waals surface area contributed by atoms with E-state index in [4.69, 9.17) is 4.42 Å². The number of nitrogens with zero attached hydrogens (tertiary/aromatic N) is 1. The molecular weight excluding hydrogens is 354 g/mol. The van der Waals surface area contributed by atoms with E-state index in [1.54, 1.807) is 0 Å². The number of furan rings is 1. The molecule has 3 aromatic rings. The zero-order chi connectivity index (χ0) is 19.7. The van der Waals surface area contributed by atoms with Gasteiger partial charge in [0.05, 0.1) is 12.0 Å². The van der Waals surface area contributed by atoms with Gasteiger partial charge >= 0.3 is 0 Å². The molecule has 28 heavy (non-hydrogen) atoms. The molecule has 6 heteroatoms. The fourth-order valence-electron chi connectivity index (χ4n) is 4.09. The Bertz CT molecular complexity index is 1000. The first-order valence-corrected chi connectivity index (χ1v) is 9.67. The number of H-pyrrole nitrogens is 1. The van der Waals surface area contributed by atoms with Crippen LogP contribution in [0.2, 0.25) is 0 Å². The lowest BCUT2D eigenvalue weighted by molar-refractivity contribution is -0.130. The number of aromatic nitrogens is 1. The van der Waals surface area contributed by atoms with E-state index in [0.29, 0.717) is 25.9 Å². The van der Waals surface area contributed by atoms with Gasteiger partial charge in [0.2, 0.25) is 11.8 Å². The molecule has 2 aromatic heterocycles. The molecule has 2 N–H and O–H groups in total. The van der Waals surface area contributed by atoms with Gasteiger partial charge in [0.1, 0.15) is 11.5 Å². The minimum absolute atomic E-state index is 0.0189. The van der Waals surface area contributed by atoms with Crippen LogP contribution < -0.4 is 5.32 Å². The number of para-hydroxylation sites is 1. The summed E-state index contributed by atoms with van der Waals surface area (Å²) < 4.78 is 5.78. The van der Waals surface area contributed by atoms with Crippen LogP contribution in [0.5, 0.6) is 0 Å². The molecule has 1 aliphatic heterocycles. The van der Waals surface area contributed by atoms with Crippen LogP contribution in [-0.2, 0) is 16.0 Å². The second kappa shape index (κ2) is 7.54. The van der Waals surface area contributed by atoms with Crippen LogP contribution >= 0.6 is 0 Å². The number of carbonyl (C=O) groups excluding carboxylic acids is 2.